The van der Waals surface area contributed by atoms with Crippen molar-refractivity contribution in [2.75, 3.05) is 6.54 Å². The van der Waals surface area contributed by atoms with Crippen molar-refractivity contribution in [1.29, 1.82) is 0 Å². The minimum atomic E-state index is -0.486. The summed E-state index contributed by atoms with van der Waals surface area (Å²) in [6.45, 7) is 4.54. The summed E-state index contributed by atoms with van der Waals surface area (Å²) in [5, 5.41) is 0. The number of allylic oxidation sites excluding steroid dienone is 1. The highest BCUT2D eigenvalue weighted by Crippen LogP contribution is 2.30. The summed E-state index contributed by atoms with van der Waals surface area (Å²) in [5.74, 6) is -0.421. The lowest BCUT2D eigenvalue weighted by Crippen LogP contribution is -2.42. The van der Waals surface area contributed by atoms with E-state index in [1.165, 1.54) is 6.07 Å². The maximum Gasteiger partial charge on any atom is 0.252 e. The van der Waals surface area contributed by atoms with Crippen molar-refractivity contribution in [3.05, 3.63) is 47.0 Å². The summed E-state index contributed by atoms with van der Waals surface area (Å²) in [7, 11) is 0. The van der Waals surface area contributed by atoms with Gasteiger partial charge in [0.2, 0.25) is 0 Å². The van der Waals surface area contributed by atoms with Crippen LogP contribution in [0.1, 0.15) is 45.1 Å². The van der Waals surface area contributed by atoms with Gasteiger partial charge in [-0.25, -0.2) is 8.78 Å². The molecule has 134 valence electrons. The van der Waals surface area contributed by atoms with Crippen LogP contribution in [0.2, 0.25) is 0 Å². The number of aliphatic imine (C=N–C) groups is 1. The average Bonchev–Trinajstić information content (AvgIpc) is 3.02. The lowest BCUT2D eigenvalue weighted by Gasteiger charge is -2.36. The normalized spacial score (nSPS) is 23.2. The monoisotopic (exact) mass is 346 g/mol. The molecule has 1 heterocycles. The van der Waals surface area contributed by atoms with Gasteiger partial charge in [0, 0.05) is 29.4 Å². The van der Waals surface area contributed by atoms with Crippen LogP contribution in [-0.2, 0) is 11.3 Å². The largest absolute Gasteiger partial charge is 0.331 e. The molecule has 0 saturated heterocycles. The molecule has 0 spiro atoms. The fourth-order valence-electron chi connectivity index (χ4n) is 3.64. The standard InChI is InChI=1S/C20H24F2N2O/c1-13-3-6-18(7-4-13)24(20(25)15-9-14(2)23-11-15)12-16-10-17(21)5-8-19(16)22/h5,8-10,13,18H,3-4,6-7,11-12H2,1-2H3. The number of amides is 1. The summed E-state index contributed by atoms with van der Waals surface area (Å²) in [4.78, 5) is 19.0. The Morgan fingerprint density at radius 2 is 1.96 bits per heavy atom. The van der Waals surface area contributed by atoms with Crippen molar-refractivity contribution >= 4 is 11.6 Å². The number of nitrogens with zero attached hydrogens (tertiary/aromatic N) is 2. The highest BCUT2D eigenvalue weighted by Gasteiger charge is 2.30. The number of halogens is 2. The predicted octanol–water partition coefficient (Wildman–Crippen LogP) is 4.27. The second-order valence-corrected chi connectivity index (χ2v) is 7.21. The Kier molecular flexibility index (Phi) is 5.30. The second-order valence-electron chi connectivity index (χ2n) is 7.21. The van der Waals surface area contributed by atoms with Crippen molar-refractivity contribution in [2.45, 2.75) is 52.1 Å². The number of rotatable bonds is 4. The Morgan fingerprint density at radius 3 is 2.60 bits per heavy atom. The maximum absolute atomic E-state index is 14.1. The molecule has 1 aromatic rings. The SMILES string of the molecule is CC1=NCC(C(=O)N(Cc2cc(F)ccc2F)C2CCC(C)CC2)=C1. The van der Waals surface area contributed by atoms with E-state index in [2.05, 4.69) is 11.9 Å². The molecule has 2 aliphatic rings. The molecule has 3 rings (SSSR count). The lowest BCUT2D eigenvalue weighted by molar-refractivity contribution is -0.131. The molecule has 25 heavy (non-hydrogen) atoms. The molecular formula is C20H24F2N2O. The van der Waals surface area contributed by atoms with Gasteiger partial charge in [-0.2, -0.15) is 0 Å². The first kappa shape index (κ1) is 17.8. The summed E-state index contributed by atoms with van der Waals surface area (Å²) in [5.41, 5.74) is 1.69. The predicted molar refractivity (Wildman–Crippen MR) is 94.4 cm³/mol. The minimum absolute atomic E-state index is 0.0631. The van der Waals surface area contributed by atoms with Gasteiger partial charge in [0.05, 0.1) is 6.54 Å². The van der Waals surface area contributed by atoms with Crippen LogP contribution in [0.15, 0.2) is 34.8 Å². The van der Waals surface area contributed by atoms with E-state index in [1.807, 2.05) is 6.92 Å². The van der Waals surface area contributed by atoms with Crippen LogP contribution in [0.3, 0.4) is 0 Å². The quantitative estimate of drug-likeness (QED) is 0.801. The van der Waals surface area contributed by atoms with Crippen LogP contribution in [0.5, 0.6) is 0 Å². The van der Waals surface area contributed by atoms with Crippen LogP contribution < -0.4 is 0 Å². The zero-order valence-electron chi connectivity index (χ0n) is 14.8. The molecule has 1 amide bonds. The number of carbonyl (C=O) groups is 1. The van der Waals surface area contributed by atoms with Gasteiger partial charge in [-0.05, 0) is 62.8 Å². The topological polar surface area (TPSA) is 32.7 Å². The molecular weight excluding hydrogens is 322 g/mol. The molecule has 0 unspecified atom stereocenters. The Balaban J connectivity index is 1.85. The molecule has 0 aromatic heterocycles. The van der Waals surface area contributed by atoms with Gasteiger partial charge >= 0.3 is 0 Å². The molecule has 1 saturated carbocycles. The van der Waals surface area contributed by atoms with Gasteiger partial charge in [-0.1, -0.05) is 6.92 Å². The summed E-state index contributed by atoms with van der Waals surface area (Å²) in [6.07, 6.45) is 5.69. The highest BCUT2D eigenvalue weighted by atomic mass is 19.1. The van der Waals surface area contributed by atoms with E-state index in [4.69, 9.17) is 0 Å². The van der Waals surface area contributed by atoms with Gasteiger partial charge < -0.3 is 4.90 Å². The van der Waals surface area contributed by atoms with Crippen LogP contribution in [0.25, 0.3) is 0 Å². The van der Waals surface area contributed by atoms with Crippen molar-refractivity contribution < 1.29 is 13.6 Å². The van der Waals surface area contributed by atoms with E-state index in [1.54, 1.807) is 11.0 Å². The first-order valence-corrected chi connectivity index (χ1v) is 8.90. The number of hydrogen-bond acceptors (Lipinski definition) is 2. The summed E-state index contributed by atoms with van der Waals surface area (Å²) < 4.78 is 27.7. The molecule has 0 atom stereocenters. The maximum atomic E-state index is 14.1. The molecule has 1 aromatic carbocycles. The van der Waals surface area contributed by atoms with E-state index < -0.39 is 11.6 Å². The van der Waals surface area contributed by atoms with Crippen LogP contribution in [0, 0.1) is 17.6 Å². The Morgan fingerprint density at radius 1 is 1.24 bits per heavy atom. The average molecular weight is 346 g/mol. The molecule has 5 heteroatoms. The lowest BCUT2D eigenvalue weighted by atomic mass is 9.86. The van der Waals surface area contributed by atoms with Gasteiger partial charge in [0.1, 0.15) is 11.6 Å². The second kappa shape index (κ2) is 7.46. The fourth-order valence-corrected chi connectivity index (χ4v) is 3.64. The Labute approximate surface area is 147 Å². The van der Waals surface area contributed by atoms with Crippen molar-refractivity contribution in [2.24, 2.45) is 10.9 Å². The van der Waals surface area contributed by atoms with Gasteiger partial charge in [-0.3, -0.25) is 9.79 Å². The fraction of sp³-hybridized carbons (Fsp3) is 0.500. The number of hydrogen-bond donors (Lipinski definition) is 0. The van der Waals surface area contributed by atoms with E-state index in [-0.39, 0.29) is 24.1 Å². The molecule has 1 aliphatic carbocycles. The Hall–Kier alpha value is -2.04. The zero-order valence-corrected chi connectivity index (χ0v) is 14.8. The third kappa shape index (κ3) is 4.14. The van der Waals surface area contributed by atoms with Crippen molar-refractivity contribution in [3.8, 4) is 0 Å². The molecule has 1 fully saturated rings. The van der Waals surface area contributed by atoms with E-state index in [9.17, 15) is 13.6 Å². The molecule has 0 bridgehead atoms. The highest BCUT2D eigenvalue weighted by molar-refractivity contribution is 6.06. The van der Waals surface area contributed by atoms with Crippen LogP contribution >= 0.6 is 0 Å². The summed E-state index contributed by atoms with van der Waals surface area (Å²) >= 11 is 0. The number of carbonyl (C=O) groups excluding carboxylic acids is 1. The number of benzene rings is 1. The van der Waals surface area contributed by atoms with E-state index in [0.717, 1.165) is 43.5 Å². The van der Waals surface area contributed by atoms with Gasteiger partial charge in [-0.15, -0.1) is 0 Å². The third-order valence-corrected chi connectivity index (χ3v) is 5.19. The van der Waals surface area contributed by atoms with Gasteiger partial charge in [0.15, 0.2) is 0 Å². The van der Waals surface area contributed by atoms with Crippen LogP contribution in [-0.4, -0.2) is 29.1 Å². The smallest absolute Gasteiger partial charge is 0.252 e. The van der Waals surface area contributed by atoms with E-state index >= 15 is 0 Å². The zero-order chi connectivity index (χ0) is 18.0. The van der Waals surface area contributed by atoms with Crippen molar-refractivity contribution in [3.63, 3.8) is 0 Å². The minimum Gasteiger partial charge on any atom is -0.331 e. The Bertz CT molecular complexity index is 718. The third-order valence-electron chi connectivity index (χ3n) is 5.19. The molecule has 1 aliphatic heterocycles. The first-order chi connectivity index (χ1) is 11.9. The van der Waals surface area contributed by atoms with E-state index in [0.29, 0.717) is 18.0 Å². The van der Waals surface area contributed by atoms with Gasteiger partial charge in [0.25, 0.3) is 5.91 Å². The van der Waals surface area contributed by atoms with Crippen LogP contribution in [0.4, 0.5) is 8.78 Å². The molecule has 0 radical (unpaired) electrons. The van der Waals surface area contributed by atoms with Crippen molar-refractivity contribution in [1.82, 2.24) is 4.90 Å². The molecule has 3 nitrogen and oxygen atoms in total. The first-order valence-electron chi connectivity index (χ1n) is 8.90. The molecule has 0 N–H and O–H groups in total. The summed E-state index contributed by atoms with van der Waals surface area (Å²) in [6, 6.07) is 3.47.